The molecule has 1 aliphatic carbocycles. The number of hydrogen-bond donors (Lipinski definition) is 0. The number of carbonyl (C=O) groups is 1. The van der Waals surface area contributed by atoms with Gasteiger partial charge in [0.05, 0.1) is 6.26 Å². The number of methoxy groups -OCH3 is 2. The van der Waals surface area contributed by atoms with E-state index in [1.165, 1.54) is 5.56 Å². The quantitative estimate of drug-likeness (QED) is 0.598. The molecule has 1 aromatic carbocycles. The van der Waals surface area contributed by atoms with E-state index < -0.39 is 5.97 Å². The lowest BCUT2D eigenvalue weighted by Gasteiger charge is -2.46. The summed E-state index contributed by atoms with van der Waals surface area (Å²) in [5.41, 5.74) is 3.02. The minimum Gasteiger partial charge on any atom is -0.447 e. The molecule has 4 heteroatoms. The molecule has 1 aliphatic heterocycles. The third kappa shape index (κ3) is 3.16. The Bertz CT molecular complexity index is 670. The average molecular weight is 342 g/mol. The van der Waals surface area contributed by atoms with Crippen LogP contribution >= 0.6 is 0 Å². The number of rotatable bonds is 5. The van der Waals surface area contributed by atoms with Crippen LogP contribution in [0.15, 0.2) is 53.8 Å². The van der Waals surface area contributed by atoms with Gasteiger partial charge in [-0.05, 0) is 35.0 Å². The molecule has 0 N–H and O–H groups in total. The van der Waals surface area contributed by atoms with Crippen molar-refractivity contribution in [2.75, 3.05) is 14.2 Å². The highest BCUT2D eigenvalue weighted by molar-refractivity contribution is 5.78. The van der Waals surface area contributed by atoms with Crippen molar-refractivity contribution >= 4 is 6.29 Å². The molecule has 1 heterocycles. The van der Waals surface area contributed by atoms with Gasteiger partial charge in [0, 0.05) is 32.1 Å². The van der Waals surface area contributed by atoms with Gasteiger partial charge >= 0.3 is 5.97 Å². The molecule has 0 bridgehead atoms. The van der Waals surface area contributed by atoms with Crippen LogP contribution in [0.1, 0.15) is 31.7 Å². The van der Waals surface area contributed by atoms with Crippen molar-refractivity contribution in [2.24, 2.45) is 17.8 Å². The van der Waals surface area contributed by atoms with Crippen molar-refractivity contribution in [3.05, 3.63) is 59.4 Å². The third-order valence-electron chi connectivity index (χ3n) is 5.50. The summed E-state index contributed by atoms with van der Waals surface area (Å²) >= 11 is 0. The highest BCUT2D eigenvalue weighted by Crippen LogP contribution is 2.51. The summed E-state index contributed by atoms with van der Waals surface area (Å²) in [5.74, 6) is -0.165. The van der Waals surface area contributed by atoms with Gasteiger partial charge in [-0.1, -0.05) is 44.2 Å². The SMILES string of the molecule is COC1(OC)C[C@@H]2C(=CO1)C=C(C=O)[C@H](c1ccccc1)[C@H]2C(C)C. The van der Waals surface area contributed by atoms with Gasteiger partial charge in [0.2, 0.25) is 0 Å². The molecule has 0 spiro atoms. The number of aldehydes is 1. The smallest absolute Gasteiger partial charge is 0.326 e. The van der Waals surface area contributed by atoms with E-state index in [0.29, 0.717) is 12.3 Å². The number of fused-ring (bicyclic) bond motifs is 1. The molecule has 2 aliphatic rings. The summed E-state index contributed by atoms with van der Waals surface area (Å²) in [7, 11) is 3.19. The van der Waals surface area contributed by atoms with Gasteiger partial charge in [0.15, 0.2) is 0 Å². The molecule has 1 aromatic rings. The highest BCUT2D eigenvalue weighted by Gasteiger charge is 2.48. The second kappa shape index (κ2) is 7.14. The van der Waals surface area contributed by atoms with Gasteiger partial charge in [0.25, 0.3) is 0 Å². The Hall–Kier alpha value is -1.91. The summed E-state index contributed by atoms with van der Waals surface area (Å²) in [6, 6.07) is 10.3. The molecule has 0 radical (unpaired) electrons. The Morgan fingerprint density at radius 1 is 1.20 bits per heavy atom. The number of hydrogen-bond acceptors (Lipinski definition) is 4. The summed E-state index contributed by atoms with van der Waals surface area (Å²) in [6.45, 7) is 4.42. The maximum Gasteiger partial charge on any atom is 0.326 e. The van der Waals surface area contributed by atoms with Crippen LogP contribution in [0.5, 0.6) is 0 Å². The van der Waals surface area contributed by atoms with Crippen LogP contribution in [0, 0.1) is 17.8 Å². The second-order valence-corrected chi connectivity index (χ2v) is 7.11. The maximum atomic E-state index is 11.8. The van der Waals surface area contributed by atoms with Gasteiger partial charge in [-0.3, -0.25) is 4.79 Å². The second-order valence-electron chi connectivity index (χ2n) is 7.11. The minimum atomic E-state index is -1.06. The Morgan fingerprint density at radius 3 is 2.44 bits per heavy atom. The van der Waals surface area contributed by atoms with Crippen molar-refractivity contribution < 1.29 is 19.0 Å². The van der Waals surface area contributed by atoms with E-state index in [-0.39, 0.29) is 17.8 Å². The fourth-order valence-electron chi connectivity index (χ4n) is 4.29. The van der Waals surface area contributed by atoms with Crippen molar-refractivity contribution in [3.63, 3.8) is 0 Å². The van der Waals surface area contributed by atoms with Crippen molar-refractivity contribution in [1.82, 2.24) is 0 Å². The lowest BCUT2D eigenvalue weighted by atomic mass is 9.62. The normalized spacial score (nSPS) is 27.8. The largest absolute Gasteiger partial charge is 0.447 e. The first kappa shape index (κ1) is 17.9. The Morgan fingerprint density at radius 2 is 1.88 bits per heavy atom. The van der Waals surface area contributed by atoms with E-state index in [1.54, 1.807) is 20.5 Å². The van der Waals surface area contributed by atoms with E-state index in [4.69, 9.17) is 14.2 Å². The number of ether oxygens (including phenoxy) is 3. The van der Waals surface area contributed by atoms with E-state index in [1.807, 2.05) is 24.3 Å². The Labute approximate surface area is 149 Å². The lowest BCUT2D eigenvalue weighted by molar-refractivity contribution is -0.354. The summed E-state index contributed by atoms with van der Waals surface area (Å²) in [5, 5.41) is 0. The van der Waals surface area contributed by atoms with E-state index >= 15 is 0 Å². The zero-order valence-corrected chi connectivity index (χ0v) is 15.3. The number of carbonyl (C=O) groups excluding carboxylic acids is 1. The van der Waals surface area contributed by atoms with E-state index in [9.17, 15) is 4.79 Å². The molecular formula is C21H26O4. The van der Waals surface area contributed by atoms with Crippen LogP contribution in [0.25, 0.3) is 0 Å². The van der Waals surface area contributed by atoms with Gasteiger partial charge in [0.1, 0.15) is 6.29 Å². The Balaban J connectivity index is 2.10. The van der Waals surface area contributed by atoms with Crippen molar-refractivity contribution in [3.8, 4) is 0 Å². The van der Waals surface area contributed by atoms with Crippen LogP contribution in [0.4, 0.5) is 0 Å². The van der Waals surface area contributed by atoms with Gasteiger partial charge in [-0.15, -0.1) is 0 Å². The number of allylic oxidation sites excluding steroid dienone is 3. The Kier molecular flexibility index (Phi) is 5.11. The van der Waals surface area contributed by atoms with Crippen molar-refractivity contribution in [1.29, 1.82) is 0 Å². The monoisotopic (exact) mass is 342 g/mol. The zero-order valence-electron chi connectivity index (χ0n) is 15.3. The van der Waals surface area contributed by atoms with Gasteiger partial charge in [-0.2, -0.15) is 0 Å². The molecule has 3 rings (SSSR count). The van der Waals surface area contributed by atoms with E-state index in [0.717, 1.165) is 17.4 Å². The lowest BCUT2D eigenvalue weighted by Crippen LogP contribution is -2.45. The molecule has 4 nitrogen and oxygen atoms in total. The van der Waals surface area contributed by atoms with Crippen LogP contribution in [-0.4, -0.2) is 26.5 Å². The summed E-state index contributed by atoms with van der Waals surface area (Å²) in [4.78, 5) is 11.8. The topological polar surface area (TPSA) is 44.8 Å². The van der Waals surface area contributed by atoms with Gasteiger partial charge in [-0.25, -0.2) is 0 Å². The molecular weight excluding hydrogens is 316 g/mol. The molecule has 0 saturated carbocycles. The minimum absolute atomic E-state index is 0.0605. The van der Waals surface area contributed by atoms with E-state index in [2.05, 4.69) is 26.0 Å². The van der Waals surface area contributed by atoms with Crippen LogP contribution in [0.2, 0.25) is 0 Å². The summed E-state index contributed by atoms with van der Waals surface area (Å²) in [6.07, 6.45) is 5.25. The molecule has 134 valence electrons. The molecule has 0 unspecified atom stereocenters. The van der Waals surface area contributed by atoms with Crippen LogP contribution < -0.4 is 0 Å². The molecule has 25 heavy (non-hydrogen) atoms. The maximum absolute atomic E-state index is 11.8. The number of benzene rings is 1. The zero-order chi connectivity index (χ0) is 18.0. The standard InChI is InChI=1S/C21H26O4/c1-14(2)19-18-11-21(23-3,24-4)25-13-17(18)10-16(12-22)20(19)15-8-6-5-7-9-15/h5-10,12-14,18-20H,11H2,1-4H3/t18-,19+,20+/m1/s1. The van der Waals surface area contributed by atoms with Gasteiger partial charge < -0.3 is 14.2 Å². The first-order valence-corrected chi connectivity index (χ1v) is 8.75. The molecule has 0 amide bonds. The summed E-state index contributed by atoms with van der Waals surface area (Å²) < 4.78 is 16.8. The third-order valence-corrected chi connectivity index (χ3v) is 5.50. The van der Waals surface area contributed by atoms with Crippen molar-refractivity contribution in [2.45, 2.75) is 32.2 Å². The molecule has 0 aromatic heterocycles. The fraction of sp³-hybridized carbons (Fsp3) is 0.476. The first-order valence-electron chi connectivity index (χ1n) is 8.75. The van der Waals surface area contributed by atoms with Crippen LogP contribution in [-0.2, 0) is 19.0 Å². The average Bonchev–Trinajstić information content (AvgIpc) is 2.66. The molecule has 3 atom stereocenters. The highest BCUT2D eigenvalue weighted by atomic mass is 16.9. The predicted molar refractivity (Wildman–Crippen MR) is 95.7 cm³/mol. The molecule has 0 fully saturated rings. The molecule has 0 saturated heterocycles. The van der Waals surface area contributed by atoms with Crippen LogP contribution in [0.3, 0.4) is 0 Å². The first-order chi connectivity index (χ1) is 12.0. The predicted octanol–water partition coefficient (Wildman–Crippen LogP) is 4.05. The fourth-order valence-corrected chi connectivity index (χ4v) is 4.29.